The number of fused-ring (bicyclic) bond motifs is 2. The number of nitrogens with zero attached hydrogens (tertiary/aromatic N) is 3. The first-order chi connectivity index (χ1) is 24.0. The summed E-state index contributed by atoms with van der Waals surface area (Å²) in [6.07, 6.45) is 9.00. The third kappa shape index (κ3) is 6.83. The second-order valence-corrected chi connectivity index (χ2v) is 14.4. The molecule has 4 aliphatic rings. The minimum Gasteiger partial charge on any atom is -0.492 e. The number of ether oxygens (including phenoxy) is 5. The summed E-state index contributed by atoms with van der Waals surface area (Å²) in [7, 11) is 0. The number of aromatic nitrogens is 2. The van der Waals surface area contributed by atoms with Gasteiger partial charge in [0.15, 0.2) is 12.5 Å². The van der Waals surface area contributed by atoms with Gasteiger partial charge in [-0.15, -0.1) is 0 Å². The molecule has 4 aliphatic heterocycles. The Morgan fingerprint density at radius 2 is 1.71 bits per heavy atom. The average molecular weight is 664 g/mol. The van der Waals surface area contributed by atoms with Crippen LogP contribution in [-0.4, -0.2) is 59.9 Å². The highest BCUT2D eigenvalue weighted by atomic mass is 16.7. The smallest absolute Gasteiger partial charge is 0.199 e. The largest absolute Gasteiger partial charge is 0.492 e. The van der Waals surface area contributed by atoms with Crippen molar-refractivity contribution in [1.29, 1.82) is 0 Å². The molecule has 0 bridgehead atoms. The van der Waals surface area contributed by atoms with Crippen LogP contribution in [0.15, 0.2) is 66.9 Å². The topological polar surface area (TPSA) is 67.2 Å². The lowest BCUT2D eigenvalue weighted by atomic mass is 9.86. The lowest BCUT2D eigenvalue weighted by Gasteiger charge is -2.32. The fourth-order valence-electron chi connectivity index (χ4n) is 7.85. The standard InChI is InChI=1S/C41H49N3O5/c1-27-18-19-43(25-27)28(2)26-47-33-14-12-30(13-15-33)41-40(31-10-11-32-24-42-44(36(32)22-31)38-8-4-6-20-45-38)29(3)35-23-34(16-17-37(35)49-41)48-39-9-5-7-21-46-39/h10-17,22-24,27-28,38-39,41H,4-9,18-21,25-26H2,1-3H3. The fourth-order valence-corrected chi connectivity index (χ4v) is 7.85. The summed E-state index contributed by atoms with van der Waals surface area (Å²) < 4.78 is 33.6. The van der Waals surface area contributed by atoms with Gasteiger partial charge in [0.25, 0.3) is 0 Å². The Labute approximate surface area is 289 Å². The van der Waals surface area contributed by atoms with E-state index in [1.807, 2.05) is 18.3 Å². The summed E-state index contributed by atoms with van der Waals surface area (Å²) in [5.74, 6) is 3.29. The van der Waals surface area contributed by atoms with E-state index < -0.39 is 0 Å². The molecular formula is C41H49N3O5. The van der Waals surface area contributed by atoms with E-state index >= 15 is 0 Å². The molecule has 8 nitrogen and oxygen atoms in total. The molecule has 3 saturated heterocycles. The van der Waals surface area contributed by atoms with E-state index in [9.17, 15) is 0 Å². The van der Waals surface area contributed by atoms with Crippen molar-refractivity contribution in [3.63, 3.8) is 0 Å². The number of rotatable bonds is 9. The second-order valence-electron chi connectivity index (χ2n) is 14.4. The molecule has 0 amide bonds. The van der Waals surface area contributed by atoms with E-state index in [1.54, 1.807) is 0 Å². The molecule has 49 heavy (non-hydrogen) atoms. The summed E-state index contributed by atoms with van der Waals surface area (Å²) in [5.41, 5.74) is 6.58. The molecule has 0 saturated carbocycles. The van der Waals surface area contributed by atoms with Gasteiger partial charge in [-0.1, -0.05) is 31.2 Å². The number of benzene rings is 3. The lowest BCUT2D eigenvalue weighted by molar-refractivity contribution is -0.105. The van der Waals surface area contributed by atoms with Crippen molar-refractivity contribution in [3.8, 4) is 17.2 Å². The summed E-state index contributed by atoms with van der Waals surface area (Å²) >= 11 is 0. The van der Waals surface area contributed by atoms with E-state index in [2.05, 4.69) is 78.9 Å². The Kier molecular flexibility index (Phi) is 9.36. The molecule has 4 aromatic rings. The van der Waals surface area contributed by atoms with Crippen molar-refractivity contribution < 1.29 is 23.7 Å². The molecule has 8 heteroatoms. The van der Waals surface area contributed by atoms with Gasteiger partial charge in [-0.25, -0.2) is 4.68 Å². The van der Waals surface area contributed by atoms with E-state index in [1.165, 1.54) is 6.42 Å². The third-order valence-corrected chi connectivity index (χ3v) is 10.8. The van der Waals surface area contributed by atoms with Gasteiger partial charge in [0.2, 0.25) is 0 Å². The fraction of sp³-hybridized carbons (Fsp3) is 0.488. The van der Waals surface area contributed by atoms with Gasteiger partial charge < -0.3 is 23.7 Å². The lowest BCUT2D eigenvalue weighted by Crippen LogP contribution is -2.35. The quantitative estimate of drug-likeness (QED) is 0.177. The minimum atomic E-state index is -0.306. The van der Waals surface area contributed by atoms with E-state index in [-0.39, 0.29) is 18.6 Å². The van der Waals surface area contributed by atoms with E-state index in [0.717, 1.165) is 127 Å². The van der Waals surface area contributed by atoms with Crippen LogP contribution in [-0.2, 0) is 9.47 Å². The molecule has 3 aromatic carbocycles. The molecule has 8 rings (SSSR count). The zero-order valence-corrected chi connectivity index (χ0v) is 29.1. The Hall–Kier alpha value is -3.85. The number of allylic oxidation sites excluding steroid dienone is 1. The van der Waals surface area contributed by atoms with Gasteiger partial charge in [0.1, 0.15) is 30.0 Å². The van der Waals surface area contributed by atoms with Crippen molar-refractivity contribution in [3.05, 3.63) is 83.6 Å². The monoisotopic (exact) mass is 663 g/mol. The first-order valence-electron chi connectivity index (χ1n) is 18.4. The van der Waals surface area contributed by atoms with Crippen molar-refractivity contribution in [2.45, 2.75) is 90.4 Å². The van der Waals surface area contributed by atoms with Crippen LogP contribution in [0.2, 0.25) is 0 Å². The van der Waals surface area contributed by atoms with Crippen LogP contribution in [0.3, 0.4) is 0 Å². The molecule has 1 aromatic heterocycles. The van der Waals surface area contributed by atoms with Gasteiger partial charge >= 0.3 is 0 Å². The molecule has 258 valence electrons. The zero-order chi connectivity index (χ0) is 33.3. The second kappa shape index (κ2) is 14.2. The van der Waals surface area contributed by atoms with Crippen LogP contribution in [0.1, 0.15) is 94.7 Å². The molecule has 0 radical (unpaired) electrons. The maximum absolute atomic E-state index is 6.92. The van der Waals surface area contributed by atoms with Crippen LogP contribution in [0.5, 0.6) is 17.2 Å². The summed E-state index contributed by atoms with van der Waals surface area (Å²) in [5, 5.41) is 5.88. The number of hydrogen-bond donors (Lipinski definition) is 0. The highest BCUT2D eigenvalue weighted by molar-refractivity contribution is 5.97. The Bertz CT molecular complexity index is 1790. The molecule has 5 atom stereocenters. The number of hydrogen-bond acceptors (Lipinski definition) is 7. The van der Waals surface area contributed by atoms with Crippen LogP contribution in [0.25, 0.3) is 22.0 Å². The molecule has 3 fully saturated rings. The average Bonchev–Trinajstić information content (AvgIpc) is 3.78. The van der Waals surface area contributed by atoms with Gasteiger partial charge in [-0.05, 0) is 118 Å². The van der Waals surface area contributed by atoms with Crippen LogP contribution in [0.4, 0.5) is 0 Å². The summed E-state index contributed by atoms with van der Waals surface area (Å²) in [4.78, 5) is 2.54. The van der Waals surface area contributed by atoms with Crippen molar-refractivity contribution in [2.24, 2.45) is 5.92 Å². The molecule has 0 spiro atoms. The highest BCUT2D eigenvalue weighted by Crippen LogP contribution is 2.48. The molecule has 0 N–H and O–H groups in total. The van der Waals surface area contributed by atoms with Crippen LogP contribution >= 0.6 is 0 Å². The maximum atomic E-state index is 6.92. The Morgan fingerprint density at radius 3 is 2.47 bits per heavy atom. The maximum Gasteiger partial charge on any atom is 0.199 e. The highest BCUT2D eigenvalue weighted by Gasteiger charge is 2.31. The summed E-state index contributed by atoms with van der Waals surface area (Å²) in [6.45, 7) is 11.3. The molecule has 5 heterocycles. The van der Waals surface area contributed by atoms with Gasteiger partial charge in [0, 0.05) is 42.1 Å². The summed E-state index contributed by atoms with van der Waals surface area (Å²) in [6, 6.07) is 21.6. The Balaban J connectivity index is 1.12. The van der Waals surface area contributed by atoms with Crippen molar-refractivity contribution in [2.75, 3.05) is 32.9 Å². The predicted molar refractivity (Wildman–Crippen MR) is 192 cm³/mol. The molecule has 5 unspecified atom stereocenters. The van der Waals surface area contributed by atoms with Crippen LogP contribution in [0, 0.1) is 5.92 Å². The third-order valence-electron chi connectivity index (χ3n) is 10.8. The van der Waals surface area contributed by atoms with Gasteiger partial charge in [-0.2, -0.15) is 5.10 Å². The predicted octanol–water partition coefficient (Wildman–Crippen LogP) is 8.81. The molecular weight excluding hydrogens is 614 g/mol. The van der Waals surface area contributed by atoms with Gasteiger partial charge in [0.05, 0.1) is 18.3 Å². The van der Waals surface area contributed by atoms with Crippen LogP contribution < -0.4 is 14.2 Å². The zero-order valence-electron chi connectivity index (χ0n) is 29.1. The van der Waals surface area contributed by atoms with E-state index in [4.69, 9.17) is 28.8 Å². The normalized spacial score (nSPS) is 25.2. The molecule has 0 aliphatic carbocycles. The Morgan fingerprint density at radius 1 is 0.898 bits per heavy atom. The van der Waals surface area contributed by atoms with Crippen molar-refractivity contribution in [1.82, 2.24) is 14.7 Å². The SMILES string of the molecule is CC1=C(c2ccc3cnn(C4CCCCO4)c3c2)C(c2ccc(OCC(C)N3CCC(C)C3)cc2)Oc2ccc(OC3CCCCO3)cc21. The minimum absolute atomic E-state index is 0.0402. The number of likely N-dealkylation sites (tertiary alicyclic amines) is 1. The first kappa shape index (κ1) is 32.4. The van der Waals surface area contributed by atoms with Gasteiger partial charge in [-0.3, -0.25) is 4.90 Å². The van der Waals surface area contributed by atoms with Crippen molar-refractivity contribution >= 4 is 22.0 Å². The first-order valence-corrected chi connectivity index (χ1v) is 18.4. The van der Waals surface area contributed by atoms with E-state index in [0.29, 0.717) is 12.6 Å².